The normalized spacial score (nSPS) is 12.6. The van der Waals surface area contributed by atoms with Gasteiger partial charge in [-0.1, -0.05) is 6.92 Å². The van der Waals surface area contributed by atoms with Gasteiger partial charge in [-0.05, 0) is 18.2 Å². The number of sulfone groups is 1. The van der Waals surface area contributed by atoms with Gasteiger partial charge in [0.2, 0.25) is 5.88 Å². The highest BCUT2D eigenvalue weighted by Crippen LogP contribution is 2.29. The van der Waals surface area contributed by atoms with Crippen LogP contribution in [0.25, 0.3) is 17.0 Å². The van der Waals surface area contributed by atoms with Crippen LogP contribution >= 0.6 is 0 Å². The third-order valence-corrected chi connectivity index (χ3v) is 5.18. The summed E-state index contributed by atoms with van der Waals surface area (Å²) in [5.74, 6) is -0.896. The minimum Gasteiger partial charge on any atom is -0.492 e. The van der Waals surface area contributed by atoms with E-state index in [4.69, 9.17) is 0 Å². The van der Waals surface area contributed by atoms with E-state index in [9.17, 15) is 26.7 Å². The zero-order chi connectivity index (χ0) is 18.4. The molecular weight excluding hydrogens is 361 g/mol. The summed E-state index contributed by atoms with van der Waals surface area (Å²) < 4.78 is 62.6. The lowest BCUT2D eigenvalue weighted by Gasteiger charge is -2.06. The number of fused-ring (bicyclic) bond motifs is 1. The number of alkyl halides is 3. The van der Waals surface area contributed by atoms with Gasteiger partial charge in [-0.3, -0.25) is 0 Å². The molecule has 0 saturated heterocycles. The van der Waals surface area contributed by atoms with E-state index in [0.29, 0.717) is 0 Å². The molecule has 3 aromatic heterocycles. The zero-order valence-corrected chi connectivity index (χ0v) is 13.5. The highest BCUT2D eigenvalue weighted by molar-refractivity contribution is 7.91. The fraction of sp³-hybridized carbons (Fsp3) is 0.214. The smallest absolute Gasteiger partial charge is 0.435 e. The van der Waals surface area contributed by atoms with Crippen molar-refractivity contribution in [2.75, 3.05) is 5.75 Å². The van der Waals surface area contributed by atoms with Crippen molar-refractivity contribution in [3.05, 3.63) is 36.2 Å². The van der Waals surface area contributed by atoms with Crippen LogP contribution in [0.4, 0.5) is 13.2 Å². The van der Waals surface area contributed by atoms with Crippen LogP contribution in [0.5, 0.6) is 5.88 Å². The SMILES string of the molecule is CCS(=O)(=O)c1ccc(-c2ccn3nc(C(F)(F)F)cc3n2)nc1O. The molecule has 0 amide bonds. The van der Waals surface area contributed by atoms with Crippen molar-refractivity contribution in [2.24, 2.45) is 0 Å². The average molecular weight is 372 g/mol. The van der Waals surface area contributed by atoms with Crippen molar-refractivity contribution in [1.29, 1.82) is 0 Å². The molecule has 0 radical (unpaired) electrons. The molecule has 0 atom stereocenters. The lowest BCUT2D eigenvalue weighted by Crippen LogP contribution is -2.05. The standard InChI is InChI=1S/C14H11F3N4O3S/c1-2-25(23,24)10-4-3-8(19-13(10)22)9-5-6-21-12(18-9)7-11(20-21)14(15,16)17/h3-7H,2H2,1H3,(H,19,22). The topological polar surface area (TPSA) is 97.5 Å². The Morgan fingerprint density at radius 3 is 2.44 bits per heavy atom. The summed E-state index contributed by atoms with van der Waals surface area (Å²) in [7, 11) is -3.65. The Hall–Kier alpha value is -2.69. The summed E-state index contributed by atoms with van der Waals surface area (Å²) in [4.78, 5) is 7.48. The fourth-order valence-corrected chi connectivity index (χ4v) is 3.05. The summed E-state index contributed by atoms with van der Waals surface area (Å²) in [6.07, 6.45) is -3.33. The van der Waals surface area contributed by atoms with Crippen LogP contribution in [-0.2, 0) is 16.0 Å². The first-order valence-corrected chi connectivity index (χ1v) is 8.64. The molecular formula is C14H11F3N4O3S. The van der Waals surface area contributed by atoms with Gasteiger partial charge >= 0.3 is 6.18 Å². The third-order valence-electron chi connectivity index (χ3n) is 3.43. The Bertz CT molecular complexity index is 1060. The molecule has 0 unspecified atom stereocenters. The van der Waals surface area contributed by atoms with Gasteiger partial charge in [0.25, 0.3) is 0 Å². The molecule has 7 nitrogen and oxygen atoms in total. The highest BCUT2D eigenvalue weighted by atomic mass is 32.2. The second kappa shape index (κ2) is 5.69. The van der Waals surface area contributed by atoms with Crippen molar-refractivity contribution in [2.45, 2.75) is 18.0 Å². The van der Waals surface area contributed by atoms with Crippen molar-refractivity contribution < 1.29 is 26.7 Å². The van der Waals surface area contributed by atoms with E-state index in [1.165, 1.54) is 31.3 Å². The molecule has 11 heteroatoms. The number of rotatable bonds is 3. The Kier molecular flexibility index (Phi) is 3.90. The number of hydrogen-bond donors (Lipinski definition) is 1. The summed E-state index contributed by atoms with van der Waals surface area (Å²) >= 11 is 0. The Labute approximate surface area is 139 Å². The van der Waals surface area contributed by atoms with Crippen LogP contribution in [0.1, 0.15) is 12.6 Å². The first kappa shape index (κ1) is 17.1. The van der Waals surface area contributed by atoms with Crippen molar-refractivity contribution >= 4 is 15.5 Å². The van der Waals surface area contributed by atoms with E-state index in [1.54, 1.807) is 0 Å². The monoisotopic (exact) mass is 372 g/mol. The first-order chi connectivity index (χ1) is 11.6. The van der Waals surface area contributed by atoms with Gasteiger partial charge in [0.1, 0.15) is 4.90 Å². The molecule has 3 aromatic rings. The van der Waals surface area contributed by atoms with Crippen molar-refractivity contribution in [3.63, 3.8) is 0 Å². The van der Waals surface area contributed by atoms with Gasteiger partial charge in [0.15, 0.2) is 21.2 Å². The molecule has 0 bridgehead atoms. The maximum atomic E-state index is 12.7. The molecule has 25 heavy (non-hydrogen) atoms. The van der Waals surface area contributed by atoms with E-state index in [0.717, 1.165) is 10.6 Å². The molecule has 1 N–H and O–H groups in total. The lowest BCUT2D eigenvalue weighted by atomic mass is 10.2. The minimum atomic E-state index is -4.60. The lowest BCUT2D eigenvalue weighted by molar-refractivity contribution is -0.141. The van der Waals surface area contributed by atoms with E-state index in [1.807, 2.05) is 0 Å². The molecule has 0 aromatic carbocycles. The van der Waals surface area contributed by atoms with E-state index < -0.39 is 27.6 Å². The van der Waals surface area contributed by atoms with E-state index in [2.05, 4.69) is 15.1 Å². The largest absolute Gasteiger partial charge is 0.492 e. The third kappa shape index (κ3) is 3.14. The Morgan fingerprint density at radius 1 is 1.16 bits per heavy atom. The predicted molar refractivity (Wildman–Crippen MR) is 80.6 cm³/mol. The number of aromatic nitrogens is 4. The van der Waals surface area contributed by atoms with Crippen molar-refractivity contribution in [3.8, 4) is 17.3 Å². The van der Waals surface area contributed by atoms with Crippen LogP contribution in [0, 0.1) is 0 Å². The summed E-state index contributed by atoms with van der Waals surface area (Å²) in [6.45, 7) is 1.43. The molecule has 3 heterocycles. The quantitative estimate of drug-likeness (QED) is 0.758. The van der Waals surface area contributed by atoms with Crippen LogP contribution in [0.3, 0.4) is 0 Å². The number of aromatic hydroxyl groups is 1. The molecule has 132 valence electrons. The molecule has 3 rings (SSSR count). The Morgan fingerprint density at radius 2 is 1.84 bits per heavy atom. The number of nitrogens with zero attached hydrogens (tertiary/aromatic N) is 4. The van der Waals surface area contributed by atoms with Gasteiger partial charge in [0.05, 0.1) is 17.1 Å². The van der Waals surface area contributed by atoms with Gasteiger partial charge < -0.3 is 5.11 Å². The molecule has 0 aliphatic heterocycles. The van der Waals surface area contributed by atoms with Gasteiger partial charge in [-0.15, -0.1) is 0 Å². The predicted octanol–water partition coefficient (Wildman–Crippen LogP) is 2.31. The van der Waals surface area contributed by atoms with E-state index in [-0.39, 0.29) is 27.7 Å². The van der Waals surface area contributed by atoms with Crippen LogP contribution < -0.4 is 0 Å². The van der Waals surface area contributed by atoms with Crippen LogP contribution in [0.15, 0.2) is 35.4 Å². The molecule has 0 spiro atoms. The van der Waals surface area contributed by atoms with Gasteiger partial charge in [0, 0.05) is 12.3 Å². The summed E-state index contributed by atoms with van der Waals surface area (Å²) in [5, 5.41) is 13.2. The second-order valence-electron chi connectivity index (χ2n) is 5.06. The fourth-order valence-electron chi connectivity index (χ4n) is 2.14. The number of pyridine rings is 1. The minimum absolute atomic E-state index is 0.0589. The van der Waals surface area contributed by atoms with Gasteiger partial charge in [-0.2, -0.15) is 18.3 Å². The van der Waals surface area contributed by atoms with Crippen LogP contribution in [-0.4, -0.2) is 38.9 Å². The summed E-state index contributed by atoms with van der Waals surface area (Å²) in [5.41, 5.74) is -0.865. The average Bonchev–Trinajstić information content (AvgIpc) is 2.98. The first-order valence-electron chi connectivity index (χ1n) is 6.98. The number of halogens is 3. The molecule has 0 fully saturated rings. The molecule has 0 saturated carbocycles. The molecule has 0 aliphatic carbocycles. The highest BCUT2D eigenvalue weighted by Gasteiger charge is 2.34. The van der Waals surface area contributed by atoms with Gasteiger partial charge in [-0.25, -0.2) is 22.9 Å². The van der Waals surface area contributed by atoms with Crippen molar-refractivity contribution in [1.82, 2.24) is 19.6 Å². The Balaban J connectivity index is 2.06. The summed E-state index contributed by atoms with van der Waals surface area (Å²) in [6, 6.07) is 4.64. The zero-order valence-electron chi connectivity index (χ0n) is 12.7. The maximum Gasteiger partial charge on any atom is 0.435 e. The van der Waals surface area contributed by atoms with E-state index >= 15 is 0 Å². The van der Waals surface area contributed by atoms with Crippen LogP contribution in [0.2, 0.25) is 0 Å². The molecule has 0 aliphatic rings. The number of hydrogen-bond acceptors (Lipinski definition) is 6. The second-order valence-corrected chi connectivity index (χ2v) is 7.31. The maximum absolute atomic E-state index is 12.7.